The van der Waals surface area contributed by atoms with E-state index in [-0.39, 0.29) is 5.91 Å². The lowest BCUT2D eigenvalue weighted by molar-refractivity contribution is -0.119. The molecule has 0 saturated carbocycles. The summed E-state index contributed by atoms with van der Waals surface area (Å²) in [5, 5.41) is 0. The Morgan fingerprint density at radius 3 is 2.00 bits per heavy atom. The van der Waals surface area contributed by atoms with Crippen molar-refractivity contribution in [3.8, 4) is 0 Å². The number of fused-ring (bicyclic) bond motifs is 2. The highest BCUT2D eigenvalue weighted by Gasteiger charge is 2.30. The molecule has 2 aliphatic rings. The van der Waals surface area contributed by atoms with E-state index >= 15 is 0 Å². The lowest BCUT2D eigenvalue weighted by Crippen LogP contribution is -2.42. The second-order valence-corrected chi connectivity index (χ2v) is 9.26. The van der Waals surface area contributed by atoms with Crippen molar-refractivity contribution in [2.45, 2.75) is 29.1 Å². The molecule has 2 heterocycles. The normalized spacial score (nSPS) is 16.7. The van der Waals surface area contributed by atoms with Gasteiger partial charge in [-0.3, -0.25) is 14.6 Å². The predicted octanol–water partition coefficient (Wildman–Crippen LogP) is 5.77. The fourth-order valence-corrected chi connectivity index (χ4v) is 5.59. The number of para-hydroxylation sites is 2. The second-order valence-electron chi connectivity index (χ2n) is 8.18. The van der Waals surface area contributed by atoms with Crippen molar-refractivity contribution in [1.82, 2.24) is 4.90 Å². The number of hydrogen-bond acceptors (Lipinski definition) is 3. The summed E-state index contributed by atoms with van der Waals surface area (Å²) < 4.78 is 0. The van der Waals surface area contributed by atoms with Gasteiger partial charge in [0, 0.05) is 9.79 Å². The number of hydrogen-bond donors (Lipinski definition) is 0. The zero-order valence-corrected chi connectivity index (χ0v) is 17.9. The third kappa shape index (κ3) is 4.03. The molecular formula is C26H26N2OS. The van der Waals surface area contributed by atoms with E-state index in [0.717, 1.165) is 53.5 Å². The van der Waals surface area contributed by atoms with Crippen molar-refractivity contribution in [2.24, 2.45) is 5.92 Å². The van der Waals surface area contributed by atoms with Gasteiger partial charge >= 0.3 is 0 Å². The fraction of sp³-hybridized carbons (Fsp3) is 0.269. The van der Waals surface area contributed by atoms with Crippen molar-refractivity contribution < 1.29 is 4.79 Å². The predicted molar refractivity (Wildman–Crippen MR) is 123 cm³/mol. The minimum atomic E-state index is 0.164. The number of nitrogens with zero attached hydrogens (tertiary/aromatic N) is 2. The van der Waals surface area contributed by atoms with E-state index in [0.29, 0.717) is 12.5 Å². The van der Waals surface area contributed by atoms with Gasteiger partial charge in [-0.25, -0.2) is 0 Å². The molecule has 0 aromatic heterocycles. The van der Waals surface area contributed by atoms with Crippen LogP contribution in [0.25, 0.3) is 0 Å². The van der Waals surface area contributed by atoms with Gasteiger partial charge in [-0.2, -0.15) is 0 Å². The van der Waals surface area contributed by atoms with Crippen molar-refractivity contribution in [1.29, 1.82) is 0 Å². The quantitative estimate of drug-likeness (QED) is 0.541. The Hall–Kier alpha value is -2.56. The van der Waals surface area contributed by atoms with E-state index in [4.69, 9.17) is 0 Å². The van der Waals surface area contributed by atoms with Crippen LogP contribution in [-0.4, -0.2) is 30.4 Å². The van der Waals surface area contributed by atoms with Gasteiger partial charge < -0.3 is 0 Å². The average Bonchev–Trinajstić information content (AvgIpc) is 2.79. The topological polar surface area (TPSA) is 23.6 Å². The van der Waals surface area contributed by atoms with E-state index < -0.39 is 0 Å². The van der Waals surface area contributed by atoms with Crippen LogP contribution < -0.4 is 4.90 Å². The summed E-state index contributed by atoms with van der Waals surface area (Å²) in [5.41, 5.74) is 3.43. The lowest BCUT2D eigenvalue weighted by atomic mass is 9.90. The smallest absolute Gasteiger partial charge is 0.245 e. The SMILES string of the molecule is O=C(CN1CCC(Cc2ccccc2)CC1)N1c2ccccc2Sc2ccccc21. The summed E-state index contributed by atoms with van der Waals surface area (Å²) in [6, 6.07) is 27.2. The molecular weight excluding hydrogens is 388 g/mol. The maximum Gasteiger partial charge on any atom is 0.245 e. The summed E-state index contributed by atoms with van der Waals surface area (Å²) in [6.45, 7) is 2.47. The van der Waals surface area contributed by atoms with Gasteiger partial charge in [-0.05, 0) is 68.1 Å². The second kappa shape index (κ2) is 8.66. The standard InChI is InChI=1S/C26H26N2OS/c29-26(19-27-16-14-21(15-17-27)18-20-8-2-1-3-9-20)28-22-10-4-6-12-24(22)30-25-13-7-5-11-23(25)28/h1-13,21H,14-19H2. The molecule has 0 unspecified atom stereocenters. The Balaban J connectivity index is 1.26. The first-order valence-electron chi connectivity index (χ1n) is 10.7. The third-order valence-corrected chi connectivity index (χ3v) is 7.25. The summed E-state index contributed by atoms with van der Waals surface area (Å²) in [7, 11) is 0. The highest BCUT2D eigenvalue weighted by molar-refractivity contribution is 7.99. The first-order chi connectivity index (χ1) is 14.8. The number of rotatable bonds is 4. The molecule has 4 heteroatoms. The van der Waals surface area contributed by atoms with Crippen LogP contribution in [0.2, 0.25) is 0 Å². The van der Waals surface area contributed by atoms with Gasteiger partial charge in [0.15, 0.2) is 0 Å². The van der Waals surface area contributed by atoms with E-state index in [2.05, 4.69) is 59.5 Å². The van der Waals surface area contributed by atoms with Gasteiger partial charge in [0.05, 0.1) is 17.9 Å². The number of piperidine rings is 1. The summed E-state index contributed by atoms with van der Waals surface area (Å²) >= 11 is 1.74. The van der Waals surface area contributed by atoms with Crippen molar-refractivity contribution in [2.75, 3.05) is 24.5 Å². The van der Waals surface area contributed by atoms with Crippen LogP contribution in [0.3, 0.4) is 0 Å². The first-order valence-corrected chi connectivity index (χ1v) is 11.5. The fourth-order valence-electron chi connectivity index (χ4n) is 4.53. The Morgan fingerprint density at radius 2 is 1.37 bits per heavy atom. The molecule has 0 bridgehead atoms. The molecule has 30 heavy (non-hydrogen) atoms. The number of carbonyl (C=O) groups is 1. The highest BCUT2D eigenvalue weighted by Crippen LogP contribution is 2.47. The third-order valence-electron chi connectivity index (χ3n) is 6.11. The molecule has 0 atom stereocenters. The van der Waals surface area contributed by atoms with Crippen LogP contribution in [0, 0.1) is 5.92 Å². The summed E-state index contributed by atoms with van der Waals surface area (Å²) in [6.07, 6.45) is 3.46. The van der Waals surface area contributed by atoms with Crippen LogP contribution in [0.5, 0.6) is 0 Å². The minimum absolute atomic E-state index is 0.164. The van der Waals surface area contributed by atoms with E-state index in [1.807, 2.05) is 29.2 Å². The van der Waals surface area contributed by atoms with Crippen LogP contribution in [0.1, 0.15) is 18.4 Å². The molecule has 2 aliphatic heterocycles. The molecule has 0 spiro atoms. The Labute approximate surface area is 182 Å². The van der Waals surface area contributed by atoms with Gasteiger partial charge in [0.25, 0.3) is 0 Å². The molecule has 152 valence electrons. The van der Waals surface area contributed by atoms with E-state index in [9.17, 15) is 4.79 Å². The molecule has 3 nitrogen and oxygen atoms in total. The molecule has 3 aromatic rings. The number of likely N-dealkylation sites (tertiary alicyclic amines) is 1. The van der Waals surface area contributed by atoms with Gasteiger partial charge in [0.2, 0.25) is 5.91 Å². The maximum atomic E-state index is 13.4. The van der Waals surface area contributed by atoms with Crippen molar-refractivity contribution >= 4 is 29.0 Å². The molecule has 1 amide bonds. The lowest BCUT2D eigenvalue weighted by Gasteiger charge is -2.35. The van der Waals surface area contributed by atoms with Gasteiger partial charge in [0.1, 0.15) is 0 Å². The molecule has 3 aromatic carbocycles. The summed E-state index contributed by atoms with van der Waals surface area (Å²) in [5.74, 6) is 0.878. The van der Waals surface area contributed by atoms with Crippen LogP contribution >= 0.6 is 11.8 Å². The van der Waals surface area contributed by atoms with Crippen LogP contribution in [0.4, 0.5) is 11.4 Å². The van der Waals surface area contributed by atoms with E-state index in [1.165, 1.54) is 5.56 Å². The largest absolute Gasteiger partial charge is 0.294 e. The molecule has 0 aliphatic carbocycles. The Bertz CT molecular complexity index is 982. The minimum Gasteiger partial charge on any atom is -0.294 e. The van der Waals surface area contributed by atoms with Gasteiger partial charge in [-0.1, -0.05) is 66.4 Å². The van der Waals surface area contributed by atoms with Crippen molar-refractivity contribution in [3.05, 3.63) is 84.4 Å². The van der Waals surface area contributed by atoms with Crippen LogP contribution in [0.15, 0.2) is 88.7 Å². The Kier molecular flexibility index (Phi) is 5.60. The molecule has 1 saturated heterocycles. The molecule has 5 rings (SSSR count). The number of carbonyl (C=O) groups excluding carboxylic acids is 1. The summed E-state index contributed by atoms with van der Waals surface area (Å²) in [4.78, 5) is 20.0. The Morgan fingerprint density at radius 1 is 0.800 bits per heavy atom. The number of anilines is 2. The maximum absolute atomic E-state index is 13.4. The number of benzene rings is 3. The van der Waals surface area contributed by atoms with Crippen molar-refractivity contribution in [3.63, 3.8) is 0 Å². The molecule has 0 N–H and O–H groups in total. The number of amides is 1. The van der Waals surface area contributed by atoms with E-state index in [1.54, 1.807) is 11.8 Å². The highest BCUT2D eigenvalue weighted by atomic mass is 32.2. The zero-order chi connectivity index (χ0) is 20.3. The average molecular weight is 415 g/mol. The molecule has 1 fully saturated rings. The molecule has 0 radical (unpaired) electrons. The zero-order valence-electron chi connectivity index (χ0n) is 17.0. The van der Waals surface area contributed by atoms with Gasteiger partial charge in [-0.15, -0.1) is 0 Å². The van der Waals surface area contributed by atoms with Crippen LogP contribution in [-0.2, 0) is 11.2 Å². The first kappa shape index (κ1) is 19.4. The monoisotopic (exact) mass is 414 g/mol.